The van der Waals surface area contributed by atoms with Crippen LogP contribution in [0, 0.1) is 6.92 Å². The molecule has 0 atom stereocenters. The van der Waals surface area contributed by atoms with E-state index in [1.165, 1.54) is 0 Å². The van der Waals surface area contributed by atoms with Gasteiger partial charge in [-0.3, -0.25) is 4.79 Å². The lowest BCUT2D eigenvalue weighted by Crippen LogP contribution is -2.22. The summed E-state index contributed by atoms with van der Waals surface area (Å²) in [6.07, 6.45) is 0. The van der Waals surface area contributed by atoms with Gasteiger partial charge in [-0.1, -0.05) is 30.3 Å². The number of hydrogen-bond donors (Lipinski definition) is 3. The fraction of sp³-hybridized carbons (Fsp3) is 0.222. The van der Waals surface area contributed by atoms with E-state index in [-0.39, 0.29) is 13.2 Å². The maximum Gasteiger partial charge on any atom is 0.340 e. The second kappa shape index (κ2) is 8.69. The van der Waals surface area contributed by atoms with E-state index in [1.54, 1.807) is 30.3 Å². The van der Waals surface area contributed by atoms with Gasteiger partial charge in [-0.2, -0.15) is 0 Å². The van der Waals surface area contributed by atoms with E-state index in [2.05, 4.69) is 10.6 Å². The molecule has 24 heavy (non-hydrogen) atoms. The Labute approximate surface area is 140 Å². The molecule has 0 heterocycles. The molecule has 0 radical (unpaired) electrons. The van der Waals surface area contributed by atoms with E-state index >= 15 is 0 Å². The molecule has 0 spiro atoms. The predicted molar refractivity (Wildman–Crippen MR) is 92.1 cm³/mol. The molecule has 0 saturated carbocycles. The SMILES string of the molecule is Cc1ccccc1NC(=O)COC(=O)c1ccccc1NCCO. The molecule has 0 aromatic heterocycles. The summed E-state index contributed by atoms with van der Waals surface area (Å²) in [5.41, 5.74) is 2.48. The lowest BCUT2D eigenvalue weighted by atomic mass is 10.2. The van der Waals surface area contributed by atoms with Crippen molar-refractivity contribution < 1.29 is 19.4 Å². The third-order valence-electron chi connectivity index (χ3n) is 3.33. The maximum absolute atomic E-state index is 12.1. The molecule has 0 aliphatic carbocycles. The first kappa shape index (κ1) is 17.5. The van der Waals surface area contributed by atoms with Crippen LogP contribution in [0.1, 0.15) is 15.9 Å². The Balaban J connectivity index is 1.93. The number of aryl methyl sites for hydroxylation is 1. The average Bonchev–Trinajstić information content (AvgIpc) is 2.60. The molecule has 0 fully saturated rings. The van der Waals surface area contributed by atoms with Crippen LogP contribution in [-0.4, -0.2) is 36.7 Å². The number of para-hydroxylation sites is 2. The third-order valence-corrected chi connectivity index (χ3v) is 3.33. The lowest BCUT2D eigenvalue weighted by molar-refractivity contribution is -0.119. The highest BCUT2D eigenvalue weighted by atomic mass is 16.5. The van der Waals surface area contributed by atoms with Gasteiger partial charge < -0.3 is 20.5 Å². The average molecular weight is 328 g/mol. The molecule has 0 aliphatic heterocycles. The highest BCUT2D eigenvalue weighted by Crippen LogP contribution is 2.16. The monoisotopic (exact) mass is 328 g/mol. The van der Waals surface area contributed by atoms with E-state index in [4.69, 9.17) is 9.84 Å². The molecule has 2 aromatic rings. The summed E-state index contributed by atoms with van der Waals surface area (Å²) in [5, 5.41) is 14.5. The van der Waals surface area contributed by atoms with Gasteiger partial charge in [-0.25, -0.2) is 4.79 Å². The fourth-order valence-electron chi connectivity index (χ4n) is 2.11. The summed E-state index contributed by atoms with van der Waals surface area (Å²) in [5.74, 6) is -1.01. The Morgan fingerprint density at radius 1 is 1.04 bits per heavy atom. The first-order valence-corrected chi connectivity index (χ1v) is 7.58. The molecule has 3 N–H and O–H groups in total. The predicted octanol–water partition coefficient (Wildman–Crippen LogP) is 2.19. The minimum Gasteiger partial charge on any atom is -0.452 e. The highest BCUT2D eigenvalue weighted by Gasteiger charge is 2.14. The van der Waals surface area contributed by atoms with Gasteiger partial charge in [0, 0.05) is 17.9 Å². The number of aliphatic hydroxyl groups excluding tert-OH is 1. The van der Waals surface area contributed by atoms with Crippen LogP contribution in [0.3, 0.4) is 0 Å². The zero-order valence-electron chi connectivity index (χ0n) is 13.4. The van der Waals surface area contributed by atoms with Crippen LogP contribution in [0.25, 0.3) is 0 Å². The number of esters is 1. The van der Waals surface area contributed by atoms with E-state index in [9.17, 15) is 9.59 Å². The lowest BCUT2D eigenvalue weighted by Gasteiger charge is -2.11. The Hall–Kier alpha value is -2.86. The summed E-state index contributed by atoms with van der Waals surface area (Å²) in [6, 6.07) is 14.1. The Morgan fingerprint density at radius 3 is 2.42 bits per heavy atom. The summed E-state index contributed by atoms with van der Waals surface area (Å²) >= 11 is 0. The molecular formula is C18H20N2O4. The normalized spacial score (nSPS) is 10.1. The Bertz CT molecular complexity index is 716. The second-order valence-electron chi connectivity index (χ2n) is 5.14. The summed E-state index contributed by atoms with van der Waals surface area (Å²) in [6.45, 7) is 1.77. The van der Waals surface area contributed by atoms with Gasteiger partial charge >= 0.3 is 5.97 Å². The summed E-state index contributed by atoms with van der Waals surface area (Å²) < 4.78 is 5.07. The standard InChI is InChI=1S/C18H20N2O4/c1-13-6-2-4-8-15(13)20-17(22)12-24-18(23)14-7-3-5-9-16(14)19-10-11-21/h2-9,19,21H,10-12H2,1H3,(H,20,22). The number of rotatable bonds is 7. The number of carbonyl (C=O) groups excluding carboxylic acids is 2. The number of nitrogens with one attached hydrogen (secondary N) is 2. The van der Waals surface area contributed by atoms with Gasteiger partial charge in [0.1, 0.15) is 0 Å². The van der Waals surface area contributed by atoms with E-state index in [0.717, 1.165) is 5.56 Å². The van der Waals surface area contributed by atoms with Gasteiger partial charge in [-0.05, 0) is 30.7 Å². The fourth-order valence-corrected chi connectivity index (χ4v) is 2.11. The van der Waals surface area contributed by atoms with Gasteiger partial charge in [0.05, 0.1) is 12.2 Å². The van der Waals surface area contributed by atoms with Gasteiger partial charge in [0.15, 0.2) is 6.61 Å². The van der Waals surface area contributed by atoms with Gasteiger partial charge in [0.25, 0.3) is 5.91 Å². The summed E-state index contributed by atoms with van der Waals surface area (Å²) in [7, 11) is 0. The van der Waals surface area contributed by atoms with E-state index < -0.39 is 11.9 Å². The van der Waals surface area contributed by atoms with Crippen molar-refractivity contribution in [3.05, 3.63) is 59.7 Å². The van der Waals surface area contributed by atoms with Crippen molar-refractivity contribution >= 4 is 23.3 Å². The molecule has 126 valence electrons. The quantitative estimate of drug-likeness (QED) is 0.678. The zero-order chi connectivity index (χ0) is 17.4. The molecule has 0 saturated heterocycles. The number of carbonyl (C=O) groups is 2. The number of anilines is 2. The van der Waals surface area contributed by atoms with E-state index in [1.807, 2.05) is 25.1 Å². The molecule has 2 aromatic carbocycles. The zero-order valence-corrected chi connectivity index (χ0v) is 13.4. The molecule has 0 bridgehead atoms. The number of amides is 1. The second-order valence-corrected chi connectivity index (χ2v) is 5.14. The minimum atomic E-state index is -0.601. The number of ether oxygens (including phenoxy) is 1. The van der Waals surface area contributed by atoms with Crippen LogP contribution in [-0.2, 0) is 9.53 Å². The number of hydrogen-bond acceptors (Lipinski definition) is 5. The smallest absolute Gasteiger partial charge is 0.340 e. The van der Waals surface area contributed by atoms with Gasteiger partial charge in [-0.15, -0.1) is 0 Å². The van der Waals surface area contributed by atoms with Crippen LogP contribution >= 0.6 is 0 Å². The topological polar surface area (TPSA) is 87.7 Å². The number of aliphatic hydroxyl groups is 1. The van der Waals surface area contributed by atoms with Crippen molar-refractivity contribution in [1.29, 1.82) is 0 Å². The Kier molecular flexibility index (Phi) is 6.33. The first-order valence-electron chi connectivity index (χ1n) is 7.58. The first-order chi connectivity index (χ1) is 11.6. The minimum absolute atomic E-state index is 0.0534. The van der Waals surface area contributed by atoms with Crippen LogP contribution in [0.4, 0.5) is 11.4 Å². The van der Waals surface area contributed by atoms with Crippen molar-refractivity contribution in [2.24, 2.45) is 0 Å². The number of benzene rings is 2. The maximum atomic E-state index is 12.1. The van der Waals surface area contributed by atoms with Crippen molar-refractivity contribution in [2.75, 3.05) is 30.4 Å². The molecular weight excluding hydrogens is 308 g/mol. The van der Waals surface area contributed by atoms with Crippen molar-refractivity contribution in [3.8, 4) is 0 Å². The Morgan fingerprint density at radius 2 is 1.71 bits per heavy atom. The molecule has 6 nitrogen and oxygen atoms in total. The van der Waals surface area contributed by atoms with Crippen molar-refractivity contribution in [2.45, 2.75) is 6.92 Å². The third kappa shape index (κ3) is 4.82. The molecule has 2 rings (SSSR count). The largest absolute Gasteiger partial charge is 0.452 e. The van der Waals surface area contributed by atoms with Crippen LogP contribution in [0.2, 0.25) is 0 Å². The highest BCUT2D eigenvalue weighted by molar-refractivity contribution is 5.98. The van der Waals surface area contributed by atoms with Crippen molar-refractivity contribution in [3.63, 3.8) is 0 Å². The van der Waals surface area contributed by atoms with E-state index in [0.29, 0.717) is 23.5 Å². The molecule has 0 unspecified atom stereocenters. The van der Waals surface area contributed by atoms with Crippen LogP contribution in [0.5, 0.6) is 0 Å². The summed E-state index contributed by atoms with van der Waals surface area (Å²) in [4.78, 5) is 24.1. The molecule has 6 heteroatoms. The van der Waals surface area contributed by atoms with Crippen LogP contribution in [0.15, 0.2) is 48.5 Å². The molecule has 0 aliphatic rings. The van der Waals surface area contributed by atoms with Crippen LogP contribution < -0.4 is 10.6 Å². The van der Waals surface area contributed by atoms with Gasteiger partial charge in [0.2, 0.25) is 0 Å². The van der Waals surface area contributed by atoms with Crippen molar-refractivity contribution in [1.82, 2.24) is 0 Å². The molecule has 1 amide bonds.